The van der Waals surface area contributed by atoms with Crippen molar-refractivity contribution in [2.45, 2.75) is 18.3 Å². The molecular formula is C30H28N2O4. The number of amides is 2. The van der Waals surface area contributed by atoms with E-state index in [4.69, 9.17) is 0 Å². The minimum Gasteiger partial charge on any atom is -0.507 e. The van der Waals surface area contributed by atoms with Gasteiger partial charge in [0.25, 0.3) is 11.8 Å². The molecule has 4 aromatic rings. The minimum atomic E-state index is -0.640. The minimum absolute atomic E-state index is 0.00626. The zero-order chi connectivity index (χ0) is 25.3. The third-order valence-corrected chi connectivity index (χ3v) is 6.25. The van der Waals surface area contributed by atoms with Crippen molar-refractivity contribution in [3.8, 4) is 5.75 Å². The summed E-state index contributed by atoms with van der Waals surface area (Å²) >= 11 is 0. The molecule has 0 aromatic heterocycles. The van der Waals surface area contributed by atoms with Gasteiger partial charge in [0.1, 0.15) is 5.75 Å². The summed E-state index contributed by atoms with van der Waals surface area (Å²) in [6, 6.07) is 33.6. The zero-order valence-corrected chi connectivity index (χ0v) is 19.7. The molecule has 0 spiro atoms. The molecule has 0 radical (unpaired) electrons. The third kappa shape index (κ3) is 5.79. The Hall–Kier alpha value is -4.42. The van der Waals surface area contributed by atoms with Gasteiger partial charge in [0.2, 0.25) is 0 Å². The second kappa shape index (κ2) is 11.8. The number of rotatable bonds is 9. The number of hydrogen-bond acceptors (Lipinski definition) is 4. The van der Waals surface area contributed by atoms with Crippen LogP contribution in [0.15, 0.2) is 109 Å². The first-order chi connectivity index (χ1) is 17.6. The van der Waals surface area contributed by atoms with E-state index >= 15 is 0 Å². The first-order valence-corrected chi connectivity index (χ1v) is 11.8. The lowest BCUT2D eigenvalue weighted by atomic mass is 9.85. The van der Waals surface area contributed by atoms with Gasteiger partial charge in [-0.05, 0) is 40.8 Å². The van der Waals surface area contributed by atoms with E-state index < -0.39 is 11.8 Å². The van der Waals surface area contributed by atoms with Crippen molar-refractivity contribution in [2.75, 3.05) is 6.54 Å². The van der Waals surface area contributed by atoms with Crippen molar-refractivity contribution >= 4 is 11.8 Å². The number of hydroxylamine groups is 1. The SMILES string of the molecule is O=C(NCCC(c1ccccc1)c1ccc(C(C(=O)NO)c2ccccc2)cc1)c1ccccc1O. The number of para-hydroxylation sites is 1. The first kappa shape index (κ1) is 24.7. The highest BCUT2D eigenvalue weighted by molar-refractivity contribution is 5.96. The molecule has 0 saturated carbocycles. The molecule has 36 heavy (non-hydrogen) atoms. The van der Waals surface area contributed by atoms with Crippen LogP contribution in [-0.2, 0) is 4.79 Å². The van der Waals surface area contributed by atoms with E-state index in [2.05, 4.69) is 17.4 Å². The Morgan fingerprint density at radius 3 is 1.78 bits per heavy atom. The third-order valence-electron chi connectivity index (χ3n) is 6.25. The predicted molar refractivity (Wildman–Crippen MR) is 138 cm³/mol. The number of carbonyl (C=O) groups excluding carboxylic acids is 2. The van der Waals surface area contributed by atoms with E-state index in [0.717, 1.165) is 22.3 Å². The van der Waals surface area contributed by atoms with Crippen LogP contribution in [0.1, 0.15) is 50.9 Å². The Balaban J connectivity index is 1.55. The number of phenols is 1. The van der Waals surface area contributed by atoms with Crippen molar-refractivity contribution in [1.29, 1.82) is 0 Å². The largest absolute Gasteiger partial charge is 0.507 e. The second-order valence-corrected chi connectivity index (χ2v) is 8.51. The van der Waals surface area contributed by atoms with Crippen molar-refractivity contribution < 1.29 is 19.9 Å². The van der Waals surface area contributed by atoms with Crippen LogP contribution in [0.4, 0.5) is 0 Å². The van der Waals surface area contributed by atoms with Crippen LogP contribution in [0.3, 0.4) is 0 Å². The quantitative estimate of drug-likeness (QED) is 0.201. The lowest BCUT2D eigenvalue weighted by molar-refractivity contribution is -0.129. The lowest BCUT2D eigenvalue weighted by Crippen LogP contribution is -2.27. The molecule has 0 aliphatic carbocycles. The molecule has 6 heteroatoms. The molecule has 0 fully saturated rings. The van der Waals surface area contributed by atoms with Crippen molar-refractivity contribution in [3.05, 3.63) is 137 Å². The lowest BCUT2D eigenvalue weighted by Gasteiger charge is -2.21. The van der Waals surface area contributed by atoms with Crippen LogP contribution in [0.5, 0.6) is 5.75 Å². The second-order valence-electron chi connectivity index (χ2n) is 8.51. The van der Waals surface area contributed by atoms with Gasteiger partial charge in [-0.25, -0.2) is 5.48 Å². The summed E-state index contributed by atoms with van der Waals surface area (Å²) in [7, 11) is 0. The molecule has 4 N–H and O–H groups in total. The fourth-order valence-corrected chi connectivity index (χ4v) is 4.43. The highest BCUT2D eigenvalue weighted by Gasteiger charge is 2.23. The number of benzene rings is 4. The molecule has 6 nitrogen and oxygen atoms in total. The summed E-state index contributed by atoms with van der Waals surface area (Å²) in [4.78, 5) is 25.0. The fourth-order valence-electron chi connectivity index (χ4n) is 4.43. The average Bonchev–Trinajstić information content (AvgIpc) is 2.93. The Labute approximate surface area is 210 Å². The van der Waals surface area contributed by atoms with Gasteiger partial charge in [0.05, 0.1) is 11.5 Å². The standard InChI is InChI=1S/C30H28N2O4/c33-27-14-8-7-13-26(27)29(34)31-20-19-25(21-9-3-1-4-10-21)22-15-17-24(18-16-22)28(30(35)32-36)23-11-5-2-6-12-23/h1-18,25,28,33,36H,19-20H2,(H,31,34)(H,32,35). The van der Waals surface area contributed by atoms with Gasteiger partial charge in [-0.1, -0.05) is 97.1 Å². The summed E-state index contributed by atoms with van der Waals surface area (Å²) in [5, 5.41) is 22.2. The van der Waals surface area contributed by atoms with E-state index in [1.54, 1.807) is 23.7 Å². The Morgan fingerprint density at radius 2 is 1.17 bits per heavy atom. The molecule has 4 aromatic carbocycles. The summed E-state index contributed by atoms with van der Waals surface area (Å²) in [5.41, 5.74) is 5.71. The maximum Gasteiger partial charge on any atom is 0.255 e. The predicted octanol–water partition coefficient (Wildman–Crippen LogP) is 4.98. The van der Waals surface area contributed by atoms with Crippen LogP contribution in [0, 0.1) is 0 Å². The summed E-state index contributed by atoms with van der Waals surface area (Å²) in [6.07, 6.45) is 0.641. The molecule has 2 atom stereocenters. The van der Waals surface area contributed by atoms with Gasteiger partial charge in [-0.3, -0.25) is 14.8 Å². The maximum atomic E-state index is 12.5. The number of phenolic OH excluding ortho intramolecular Hbond substituents is 1. The summed E-state index contributed by atoms with van der Waals surface area (Å²) in [6.45, 7) is 0.411. The van der Waals surface area contributed by atoms with Gasteiger partial charge in [0.15, 0.2) is 0 Å². The van der Waals surface area contributed by atoms with Crippen molar-refractivity contribution in [2.24, 2.45) is 0 Å². The number of aromatic hydroxyl groups is 1. The smallest absolute Gasteiger partial charge is 0.255 e. The highest BCUT2D eigenvalue weighted by atomic mass is 16.5. The molecule has 4 rings (SSSR count). The average molecular weight is 481 g/mol. The van der Waals surface area contributed by atoms with E-state index in [9.17, 15) is 19.9 Å². The van der Waals surface area contributed by atoms with E-state index in [1.165, 1.54) is 6.07 Å². The monoisotopic (exact) mass is 480 g/mol. The molecule has 2 amide bonds. The van der Waals surface area contributed by atoms with Gasteiger partial charge < -0.3 is 10.4 Å². The Kier molecular flexibility index (Phi) is 8.11. The number of carbonyl (C=O) groups is 2. The van der Waals surface area contributed by atoms with Gasteiger partial charge in [0, 0.05) is 12.5 Å². The Morgan fingerprint density at radius 1 is 0.667 bits per heavy atom. The topological polar surface area (TPSA) is 98.7 Å². The molecule has 2 unspecified atom stereocenters. The van der Waals surface area contributed by atoms with E-state index in [0.29, 0.717) is 13.0 Å². The normalized spacial score (nSPS) is 12.4. The summed E-state index contributed by atoms with van der Waals surface area (Å²) in [5.74, 6) is -1.51. The molecule has 0 aliphatic rings. The maximum absolute atomic E-state index is 12.5. The summed E-state index contributed by atoms with van der Waals surface area (Å²) < 4.78 is 0. The van der Waals surface area contributed by atoms with E-state index in [1.807, 2.05) is 72.8 Å². The molecule has 0 bridgehead atoms. The first-order valence-electron chi connectivity index (χ1n) is 11.8. The Bertz CT molecular complexity index is 1290. The number of hydrogen-bond donors (Lipinski definition) is 4. The fraction of sp³-hybridized carbons (Fsp3) is 0.133. The molecule has 0 aliphatic heterocycles. The molecule has 0 saturated heterocycles. The van der Waals surface area contributed by atoms with Crippen LogP contribution in [-0.4, -0.2) is 28.7 Å². The molecular weight excluding hydrogens is 452 g/mol. The van der Waals surface area contributed by atoms with E-state index in [-0.39, 0.29) is 23.1 Å². The van der Waals surface area contributed by atoms with Crippen molar-refractivity contribution in [3.63, 3.8) is 0 Å². The van der Waals surface area contributed by atoms with Crippen LogP contribution in [0.2, 0.25) is 0 Å². The van der Waals surface area contributed by atoms with Crippen molar-refractivity contribution in [1.82, 2.24) is 10.8 Å². The zero-order valence-electron chi connectivity index (χ0n) is 19.7. The van der Waals surface area contributed by atoms with Crippen LogP contribution >= 0.6 is 0 Å². The number of nitrogens with one attached hydrogen (secondary N) is 2. The van der Waals surface area contributed by atoms with Gasteiger partial charge in [-0.2, -0.15) is 0 Å². The van der Waals surface area contributed by atoms with Gasteiger partial charge >= 0.3 is 0 Å². The molecule has 0 heterocycles. The highest BCUT2D eigenvalue weighted by Crippen LogP contribution is 2.31. The van der Waals surface area contributed by atoms with Gasteiger partial charge in [-0.15, -0.1) is 0 Å². The molecule has 182 valence electrons. The van der Waals surface area contributed by atoms with Crippen LogP contribution < -0.4 is 10.8 Å². The van der Waals surface area contributed by atoms with Crippen LogP contribution in [0.25, 0.3) is 0 Å².